The zero-order valence-electron chi connectivity index (χ0n) is 10.6. The first-order chi connectivity index (χ1) is 8.81. The summed E-state index contributed by atoms with van der Waals surface area (Å²) < 4.78 is 13.2. The van der Waals surface area contributed by atoms with Crippen molar-refractivity contribution in [3.05, 3.63) is 39.7 Å². The molecule has 0 aliphatic heterocycles. The number of hydrogen-bond acceptors (Lipinski definition) is 4. The minimum absolute atomic E-state index is 0.0494. The Morgan fingerprint density at radius 1 is 1.47 bits per heavy atom. The second-order valence-corrected chi connectivity index (χ2v) is 4.52. The topological polar surface area (TPSA) is 92.5 Å². The van der Waals surface area contributed by atoms with Crippen LogP contribution in [0.2, 0.25) is 0 Å². The van der Waals surface area contributed by atoms with Gasteiger partial charge in [0.05, 0.1) is 11.0 Å². The van der Waals surface area contributed by atoms with Gasteiger partial charge in [-0.1, -0.05) is 13.8 Å². The SMILES string of the molecule is CC(C)C(NCc1cc(F)cc([N+](=O)[O-])c1)C(=O)O. The van der Waals surface area contributed by atoms with Crippen molar-refractivity contribution in [1.82, 2.24) is 5.32 Å². The van der Waals surface area contributed by atoms with Crippen LogP contribution in [0.1, 0.15) is 19.4 Å². The van der Waals surface area contributed by atoms with Gasteiger partial charge in [-0.25, -0.2) is 4.39 Å². The third-order valence-corrected chi connectivity index (χ3v) is 2.61. The van der Waals surface area contributed by atoms with E-state index in [0.29, 0.717) is 5.56 Å². The summed E-state index contributed by atoms with van der Waals surface area (Å²) >= 11 is 0. The Morgan fingerprint density at radius 3 is 2.58 bits per heavy atom. The smallest absolute Gasteiger partial charge is 0.320 e. The van der Waals surface area contributed by atoms with Crippen LogP contribution in [0.15, 0.2) is 18.2 Å². The Morgan fingerprint density at radius 2 is 2.11 bits per heavy atom. The fourth-order valence-corrected chi connectivity index (χ4v) is 1.68. The number of nitrogens with one attached hydrogen (secondary N) is 1. The Bertz CT molecular complexity index is 491. The summed E-state index contributed by atoms with van der Waals surface area (Å²) in [7, 11) is 0. The lowest BCUT2D eigenvalue weighted by molar-refractivity contribution is -0.385. The van der Waals surface area contributed by atoms with Gasteiger partial charge in [0.2, 0.25) is 0 Å². The number of rotatable bonds is 6. The van der Waals surface area contributed by atoms with Gasteiger partial charge in [0.15, 0.2) is 0 Å². The molecule has 2 N–H and O–H groups in total. The third-order valence-electron chi connectivity index (χ3n) is 2.61. The number of carboxylic acids is 1. The third kappa shape index (κ3) is 4.29. The lowest BCUT2D eigenvalue weighted by atomic mass is 10.0. The molecule has 0 amide bonds. The van der Waals surface area contributed by atoms with Crippen LogP contribution >= 0.6 is 0 Å². The van der Waals surface area contributed by atoms with Crippen LogP contribution in [0.25, 0.3) is 0 Å². The van der Waals surface area contributed by atoms with Crippen LogP contribution in [0.5, 0.6) is 0 Å². The molecular formula is C12H15FN2O4. The van der Waals surface area contributed by atoms with E-state index in [2.05, 4.69) is 5.32 Å². The van der Waals surface area contributed by atoms with Crippen molar-refractivity contribution in [2.24, 2.45) is 5.92 Å². The molecule has 0 spiro atoms. The van der Waals surface area contributed by atoms with Crippen molar-refractivity contribution in [3.8, 4) is 0 Å². The number of benzene rings is 1. The zero-order chi connectivity index (χ0) is 14.6. The average Bonchev–Trinajstić information content (AvgIpc) is 2.27. The number of non-ortho nitro benzene ring substituents is 1. The molecule has 1 unspecified atom stereocenters. The van der Waals surface area contributed by atoms with E-state index in [4.69, 9.17) is 5.11 Å². The van der Waals surface area contributed by atoms with Crippen molar-refractivity contribution in [2.45, 2.75) is 26.4 Å². The molecular weight excluding hydrogens is 255 g/mol. The molecule has 0 aliphatic rings. The van der Waals surface area contributed by atoms with Crippen LogP contribution in [-0.4, -0.2) is 22.0 Å². The lowest BCUT2D eigenvalue weighted by Crippen LogP contribution is -2.40. The summed E-state index contributed by atoms with van der Waals surface area (Å²) in [5.41, 5.74) is -0.0215. The molecule has 0 fully saturated rings. The highest BCUT2D eigenvalue weighted by Crippen LogP contribution is 2.16. The lowest BCUT2D eigenvalue weighted by Gasteiger charge is -2.17. The molecule has 104 valence electrons. The minimum Gasteiger partial charge on any atom is -0.480 e. The molecule has 6 nitrogen and oxygen atoms in total. The van der Waals surface area contributed by atoms with Gasteiger partial charge in [-0.3, -0.25) is 14.9 Å². The second-order valence-electron chi connectivity index (χ2n) is 4.52. The molecule has 1 aromatic rings. The van der Waals surface area contributed by atoms with Crippen LogP contribution in [0.4, 0.5) is 10.1 Å². The average molecular weight is 270 g/mol. The maximum atomic E-state index is 13.2. The largest absolute Gasteiger partial charge is 0.480 e. The first kappa shape index (κ1) is 15.0. The van der Waals surface area contributed by atoms with E-state index < -0.39 is 22.8 Å². The van der Waals surface area contributed by atoms with Gasteiger partial charge >= 0.3 is 5.97 Å². The van der Waals surface area contributed by atoms with Gasteiger partial charge in [-0.2, -0.15) is 0 Å². The van der Waals surface area contributed by atoms with Gasteiger partial charge in [0, 0.05) is 12.6 Å². The number of nitro groups is 1. The summed E-state index contributed by atoms with van der Waals surface area (Å²) in [5.74, 6) is -1.88. The molecule has 1 atom stereocenters. The summed E-state index contributed by atoms with van der Waals surface area (Å²) in [6.07, 6.45) is 0. The van der Waals surface area contributed by atoms with E-state index >= 15 is 0 Å². The van der Waals surface area contributed by atoms with E-state index in [9.17, 15) is 19.3 Å². The predicted molar refractivity (Wildman–Crippen MR) is 66.2 cm³/mol. The standard InChI is InChI=1S/C12H15FN2O4/c1-7(2)11(12(16)17)14-6-8-3-9(13)5-10(4-8)15(18)19/h3-5,7,11,14H,6H2,1-2H3,(H,16,17). The number of carbonyl (C=O) groups is 1. The Hall–Kier alpha value is -2.02. The molecule has 19 heavy (non-hydrogen) atoms. The molecule has 0 bridgehead atoms. The van der Waals surface area contributed by atoms with Gasteiger partial charge in [0.25, 0.3) is 5.69 Å². The highest BCUT2D eigenvalue weighted by molar-refractivity contribution is 5.73. The molecule has 0 radical (unpaired) electrons. The molecule has 0 aliphatic carbocycles. The number of halogens is 1. The summed E-state index contributed by atoms with van der Waals surface area (Å²) in [6.45, 7) is 3.52. The van der Waals surface area contributed by atoms with Crippen molar-refractivity contribution in [1.29, 1.82) is 0 Å². The molecule has 1 aromatic carbocycles. The van der Waals surface area contributed by atoms with Gasteiger partial charge in [-0.15, -0.1) is 0 Å². The predicted octanol–water partition coefficient (Wildman–Crippen LogP) is 1.93. The Labute approximate surface area is 109 Å². The Balaban J connectivity index is 2.82. The number of aliphatic carboxylic acids is 1. The fraction of sp³-hybridized carbons (Fsp3) is 0.417. The fourth-order valence-electron chi connectivity index (χ4n) is 1.68. The maximum Gasteiger partial charge on any atom is 0.320 e. The van der Waals surface area contributed by atoms with Gasteiger partial charge < -0.3 is 10.4 Å². The first-order valence-electron chi connectivity index (χ1n) is 5.71. The van der Waals surface area contributed by atoms with Crippen molar-refractivity contribution in [3.63, 3.8) is 0 Å². The normalized spacial score (nSPS) is 12.4. The molecule has 0 aromatic heterocycles. The van der Waals surface area contributed by atoms with Crippen LogP contribution in [0.3, 0.4) is 0 Å². The molecule has 1 rings (SSSR count). The van der Waals surface area contributed by atoms with Gasteiger partial charge in [-0.05, 0) is 17.5 Å². The van der Waals surface area contributed by atoms with Crippen LogP contribution in [0, 0.1) is 21.8 Å². The summed E-state index contributed by atoms with van der Waals surface area (Å²) in [5, 5.41) is 22.3. The zero-order valence-corrected chi connectivity index (χ0v) is 10.6. The number of nitrogens with zero attached hydrogens (tertiary/aromatic N) is 1. The highest BCUT2D eigenvalue weighted by Gasteiger charge is 2.21. The van der Waals surface area contributed by atoms with E-state index in [-0.39, 0.29) is 18.2 Å². The van der Waals surface area contributed by atoms with Crippen LogP contribution < -0.4 is 5.32 Å². The highest BCUT2D eigenvalue weighted by atomic mass is 19.1. The van der Waals surface area contributed by atoms with Crippen molar-refractivity contribution < 1.29 is 19.2 Å². The molecule has 7 heteroatoms. The van der Waals surface area contributed by atoms with Crippen molar-refractivity contribution in [2.75, 3.05) is 0 Å². The Kier molecular flexibility index (Phi) is 4.94. The van der Waals surface area contributed by atoms with E-state index in [0.717, 1.165) is 12.1 Å². The second kappa shape index (κ2) is 6.24. The monoisotopic (exact) mass is 270 g/mol. The molecule has 0 saturated carbocycles. The van der Waals surface area contributed by atoms with E-state index in [1.807, 2.05) is 0 Å². The maximum absolute atomic E-state index is 13.2. The summed E-state index contributed by atoms with van der Waals surface area (Å²) in [4.78, 5) is 20.9. The van der Waals surface area contributed by atoms with E-state index in [1.54, 1.807) is 13.8 Å². The van der Waals surface area contributed by atoms with Crippen LogP contribution in [-0.2, 0) is 11.3 Å². The molecule has 0 saturated heterocycles. The molecule has 0 heterocycles. The summed E-state index contributed by atoms with van der Waals surface area (Å²) in [6, 6.07) is 2.39. The number of nitro benzene ring substituents is 1. The first-order valence-corrected chi connectivity index (χ1v) is 5.71. The quantitative estimate of drug-likeness (QED) is 0.608. The number of carboxylic acid groups (broad SMARTS) is 1. The van der Waals surface area contributed by atoms with Crippen molar-refractivity contribution >= 4 is 11.7 Å². The van der Waals surface area contributed by atoms with Gasteiger partial charge in [0.1, 0.15) is 11.9 Å². The van der Waals surface area contributed by atoms with E-state index in [1.165, 1.54) is 6.07 Å². The number of hydrogen-bond donors (Lipinski definition) is 2. The minimum atomic E-state index is -1.01.